The molecule has 0 aliphatic carbocycles. The number of benzene rings is 1. The predicted octanol–water partition coefficient (Wildman–Crippen LogP) is 3.32. The fourth-order valence-corrected chi connectivity index (χ4v) is 1.19. The van der Waals surface area contributed by atoms with Gasteiger partial charge in [-0.05, 0) is 13.0 Å². The van der Waals surface area contributed by atoms with Crippen LogP contribution in [0.15, 0.2) is 36.4 Å². The van der Waals surface area contributed by atoms with Gasteiger partial charge in [-0.1, -0.05) is 24.8 Å². The zero-order valence-corrected chi connectivity index (χ0v) is 9.17. The summed E-state index contributed by atoms with van der Waals surface area (Å²) >= 11 is 0. The first-order chi connectivity index (χ1) is 7.82. The van der Waals surface area contributed by atoms with Crippen molar-refractivity contribution in [3.8, 4) is 0 Å². The third-order valence-electron chi connectivity index (χ3n) is 2.03. The second-order valence-electron chi connectivity index (χ2n) is 3.51. The second kappa shape index (κ2) is 5.03. The van der Waals surface area contributed by atoms with E-state index in [4.69, 9.17) is 0 Å². The van der Waals surface area contributed by atoms with Gasteiger partial charge in [0.15, 0.2) is 0 Å². The first kappa shape index (κ1) is 13.3. The van der Waals surface area contributed by atoms with Crippen molar-refractivity contribution in [3.63, 3.8) is 0 Å². The Balaban J connectivity index is 2.85. The molecule has 0 amide bonds. The molecular weight excluding hydrogens is 233 g/mol. The summed E-state index contributed by atoms with van der Waals surface area (Å²) in [5, 5.41) is 0. The van der Waals surface area contributed by atoms with Gasteiger partial charge in [-0.3, -0.25) is 0 Å². The topological polar surface area (TPSA) is 26.3 Å². The highest BCUT2D eigenvalue weighted by Gasteiger charge is 2.33. The summed E-state index contributed by atoms with van der Waals surface area (Å²) in [6.07, 6.45) is -4.45. The minimum absolute atomic E-state index is 0.0744. The Labute approximate surface area is 96.7 Å². The van der Waals surface area contributed by atoms with Gasteiger partial charge in [0.05, 0.1) is 5.56 Å². The molecular formula is C12H11F3O2. The summed E-state index contributed by atoms with van der Waals surface area (Å²) in [4.78, 5) is 11.1. The van der Waals surface area contributed by atoms with Crippen LogP contribution in [0.1, 0.15) is 18.1 Å². The molecule has 2 nitrogen and oxygen atoms in total. The summed E-state index contributed by atoms with van der Waals surface area (Å²) < 4.78 is 42.4. The Hall–Kier alpha value is -1.78. The van der Waals surface area contributed by atoms with Crippen molar-refractivity contribution in [3.05, 3.63) is 47.5 Å². The third-order valence-corrected chi connectivity index (χ3v) is 2.03. The Morgan fingerprint density at radius 1 is 1.35 bits per heavy atom. The van der Waals surface area contributed by atoms with Gasteiger partial charge in [-0.25, -0.2) is 4.79 Å². The number of hydrogen-bond acceptors (Lipinski definition) is 2. The monoisotopic (exact) mass is 244 g/mol. The standard InChI is InChI=1S/C12H11F3O2/c1-8(2)11(16)17-7-9-5-3-4-6-10(9)12(13,14)15/h3-6H,1,7H2,2H3. The van der Waals surface area contributed by atoms with Crippen molar-refractivity contribution in [1.82, 2.24) is 0 Å². The summed E-state index contributed by atoms with van der Waals surface area (Å²) in [5.74, 6) is -0.707. The number of rotatable bonds is 3. The van der Waals surface area contributed by atoms with E-state index in [9.17, 15) is 18.0 Å². The van der Waals surface area contributed by atoms with Crippen LogP contribution < -0.4 is 0 Å². The Morgan fingerprint density at radius 2 is 1.94 bits per heavy atom. The molecule has 0 bridgehead atoms. The van der Waals surface area contributed by atoms with Crippen molar-refractivity contribution in [1.29, 1.82) is 0 Å². The zero-order valence-electron chi connectivity index (χ0n) is 9.17. The van der Waals surface area contributed by atoms with Crippen LogP contribution in [0.3, 0.4) is 0 Å². The maximum absolute atomic E-state index is 12.6. The summed E-state index contributed by atoms with van der Waals surface area (Å²) in [7, 11) is 0. The normalized spacial score (nSPS) is 11.1. The van der Waals surface area contributed by atoms with Crippen LogP contribution in [0, 0.1) is 0 Å². The van der Waals surface area contributed by atoms with E-state index in [2.05, 4.69) is 11.3 Å². The van der Waals surface area contributed by atoms with E-state index in [0.29, 0.717) is 0 Å². The molecule has 92 valence electrons. The van der Waals surface area contributed by atoms with Crippen molar-refractivity contribution >= 4 is 5.97 Å². The molecule has 0 saturated heterocycles. The largest absolute Gasteiger partial charge is 0.457 e. The molecule has 0 unspecified atom stereocenters. The van der Waals surface area contributed by atoms with Crippen molar-refractivity contribution < 1.29 is 22.7 Å². The Bertz CT molecular complexity index is 436. The lowest BCUT2D eigenvalue weighted by Gasteiger charge is -2.12. The molecule has 0 aliphatic rings. The summed E-state index contributed by atoms with van der Waals surface area (Å²) in [6, 6.07) is 4.96. The van der Waals surface area contributed by atoms with Crippen molar-refractivity contribution in [2.75, 3.05) is 0 Å². The van der Waals surface area contributed by atoms with Gasteiger partial charge in [0.1, 0.15) is 6.61 Å². The molecule has 1 rings (SSSR count). The second-order valence-corrected chi connectivity index (χ2v) is 3.51. The molecule has 0 saturated carbocycles. The van der Waals surface area contributed by atoms with Crippen LogP contribution in [0.25, 0.3) is 0 Å². The first-order valence-electron chi connectivity index (χ1n) is 4.80. The van der Waals surface area contributed by atoms with Crippen LogP contribution in [0.4, 0.5) is 13.2 Å². The van der Waals surface area contributed by atoms with Crippen LogP contribution in [-0.2, 0) is 22.3 Å². The molecule has 1 aromatic carbocycles. The van der Waals surface area contributed by atoms with Gasteiger partial charge in [0.2, 0.25) is 0 Å². The molecule has 1 aromatic rings. The molecule has 0 aliphatic heterocycles. The Morgan fingerprint density at radius 3 is 2.47 bits per heavy atom. The lowest BCUT2D eigenvalue weighted by atomic mass is 10.1. The number of carbonyl (C=O) groups is 1. The number of carbonyl (C=O) groups excluding carboxylic acids is 1. The van der Waals surface area contributed by atoms with Gasteiger partial charge in [-0.2, -0.15) is 13.2 Å². The van der Waals surface area contributed by atoms with E-state index in [1.807, 2.05) is 0 Å². The maximum atomic E-state index is 12.6. The highest BCUT2D eigenvalue weighted by molar-refractivity contribution is 5.86. The number of halogens is 3. The summed E-state index contributed by atoms with van der Waals surface area (Å²) in [6.45, 7) is 4.36. The van der Waals surface area contributed by atoms with Gasteiger partial charge in [0, 0.05) is 11.1 Å². The minimum Gasteiger partial charge on any atom is -0.457 e. The van der Waals surface area contributed by atoms with Gasteiger partial charge < -0.3 is 4.74 Å². The van der Waals surface area contributed by atoms with E-state index in [-0.39, 0.29) is 11.1 Å². The van der Waals surface area contributed by atoms with E-state index in [1.165, 1.54) is 25.1 Å². The fraction of sp³-hybridized carbons (Fsp3) is 0.250. The van der Waals surface area contributed by atoms with E-state index >= 15 is 0 Å². The number of ether oxygens (including phenoxy) is 1. The zero-order chi connectivity index (χ0) is 13.1. The van der Waals surface area contributed by atoms with Crippen LogP contribution in [0.5, 0.6) is 0 Å². The quantitative estimate of drug-likeness (QED) is 0.602. The SMILES string of the molecule is C=C(C)C(=O)OCc1ccccc1C(F)(F)F. The van der Waals surface area contributed by atoms with Crippen molar-refractivity contribution in [2.45, 2.75) is 19.7 Å². The van der Waals surface area contributed by atoms with Crippen LogP contribution in [0.2, 0.25) is 0 Å². The first-order valence-corrected chi connectivity index (χ1v) is 4.80. The number of hydrogen-bond donors (Lipinski definition) is 0. The molecule has 0 aromatic heterocycles. The molecule has 0 radical (unpaired) electrons. The summed E-state index contributed by atoms with van der Waals surface area (Å²) in [5.41, 5.74) is -0.724. The van der Waals surface area contributed by atoms with Gasteiger partial charge in [-0.15, -0.1) is 0 Å². The van der Waals surface area contributed by atoms with Gasteiger partial charge >= 0.3 is 12.1 Å². The fourth-order valence-electron chi connectivity index (χ4n) is 1.19. The lowest BCUT2D eigenvalue weighted by Crippen LogP contribution is -2.12. The number of alkyl halides is 3. The highest BCUT2D eigenvalue weighted by atomic mass is 19.4. The highest BCUT2D eigenvalue weighted by Crippen LogP contribution is 2.32. The Kier molecular flexibility index (Phi) is 3.93. The number of esters is 1. The molecule has 0 spiro atoms. The molecule has 0 atom stereocenters. The molecule has 0 heterocycles. The van der Waals surface area contributed by atoms with E-state index in [0.717, 1.165) is 6.07 Å². The average Bonchev–Trinajstić information content (AvgIpc) is 2.24. The average molecular weight is 244 g/mol. The van der Waals surface area contributed by atoms with Crippen LogP contribution >= 0.6 is 0 Å². The van der Waals surface area contributed by atoms with E-state index in [1.54, 1.807) is 0 Å². The van der Waals surface area contributed by atoms with Crippen molar-refractivity contribution in [2.24, 2.45) is 0 Å². The minimum atomic E-state index is -4.45. The third kappa shape index (κ3) is 3.62. The molecule has 0 fully saturated rings. The smallest absolute Gasteiger partial charge is 0.416 e. The molecule has 5 heteroatoms. The lowest BCUT2D eigenvalue weighted by molar-refractivity contribution is -0.144. The predicted molar refractivity (Wildman–Crippen MR) is 56.1 cm³/mol. The van der Waals surface area contributed by atoms with Gasteiger partial charge in [0.25, 0.3) is 0 Å². The maximum Gasteiger partial charge on any atom is 0.416 e. The van der Waals surface area contributed by atoms with Crippen LogP contribution in [-0.4, -0.2) is 5.97 Å². The van der Waals surface area contributed by atoms with E-state index < -0.39 is 24.3 Å². The molecule has 17 heavy (non-hydrogen) atoms. The molecule has 0 N–H and O–H groups in total.